The Morgan fingerprint density at radius 3 is 2.45 bits per heavy atom. The molecule has 0 aliphatic heterocycles. The molecule has 2 aromatic carbocycles. The highest BCUT2D eigenvalue weighted by atomic mass is 32.1. The topological polar surface area (TPSA) is 25.8 Å². The SMILES string of the molecule is CC1=CC(C)(C)c2nc(-c3cc(C(C)(C)C)c4ncccc4c3)cc(-c3ccc4c(CC(C)C)c(C)sc4c3)c21. The van der Waals surface area contributed by atoms with Gasteiger partial charge in [0.05, 0.1) is 16.9 Å². The van der Waals surface area contributed by atoms with Gasteiger partial charge in [-0.05, 0) is 95.1 Å². The van der Waals surface area contributed by atoms with Gasteiger partial charge in [-0.2, -0.15) is 0 Å². The Bertz CT molecular complexity index is 1830. The van der Waals surface area contributed by atoms with E-state index in [1.165, 1.54) is 54.0 Å². The molecule has 5 aromatic rings. The molecule has 204 valence electrons. The van der Waals surface area contributed by atoms with E-state index in [0.29, 0.717) is 5.92 Å². The van der Waals surface area contributed by atoms with Crippen LogP contribution in [-0.2, 0) is 17.3 Å². The van der Waals surface area contributed by atoms with Crippen molar-refractivity contribution in [2.75, 3.05) is 0 Å². The van der Waals surface area contributed by atoms with Crippen LogP contribution in [0.1, 0.15) is 82.7 Å². The third kappa shape index (κ3) is 4.49. The molecule has 0 amide bonds. The fourth-order valence-electron chi connectivity index (χ4n) is 6.48. The third-order valence-electron chi connectivity index (χ3n) is 8.33. The van der Waals surface area contributed by atoms with Gasteiger partial charge in [0.25, 0.3) is 0 Å². The highest BCUT2D eigenvalue weighted by Gasteiger charge is 2.33. The van der Waals surface area contributed by atoms with Crippen LogP contribution in [-0.4, -0.2) is 9.97 Å². The van der Waals surface area contributed by atoms with Crippen molar-refractivity contribution in [2.24, 2.45) is 5.92 Å². The van der Waals surface area contributed by atoms with Crippen LogP contribution < -0.4 is 0 Å². The van der Waals surface area contributed by atoms with E-state index in [9.17, 15) is 0 Å². The van der Waals surface area contributed by atoms with Crippen molar-refractivity contribution < 1.29 is 0 Å². The number of fused-ring (bicyclic) bond motifs is 3. The van der Waals surface area contributed by atoms with Crippen LogP contribution in [0, 0.1) is 12.8 Å². The van der Waals surface area contributed by atoms with Crippen LogP contribution in [0.4, 0.5) is 0 Å². The monoisotopic (exact) mass is 544 g/mol. The lowest BCUT2D eigenvalue weighted by Gasteiger charge is -2.23. The number of nitrogens with zero attached hydrogens (tertiary/aromatic N) is 2. The molecule has 0 spiro atoms. The van der Waals surface area contributed by atoms with Crippen LogP contribution in [0.2, 0.25) is 0 Å². The molecular weight excluding hydrogens is 504 g/mol. The molecule has 0 saturated carbocycles. The van der Waals surface area contributed by atoms with Gasteiger partial charge in [0.2, 0.25) is 0 Å². The minimum Gasteiger partial charge on any atom is -0.256 e. The number of allylic oxidation sites excluding steroid dienone is 2. The molecule has 2 nitrogen and oxygen atoms in total. The van der Waals surface area contributed by atoms with E-state index in [0.717, 1.165) is 28.6 Å². The molecule has 6 rings (SSSR count). The van der Waals surface area contributed by atoms with Gasteiger partial charge in [-0.3, -0.25) is 9.97 Å². The zero-order valence-electron chi connectivity index (χ0n) is 25.4. The van der Waals surface area contributed by atoms with E-state index in [2.05, 4.69) is 111 Å². The fourth-order valence-corrected chi connectivity index (χ4v) is 7.61. The second-order valence-electron chi connectivity index (χ2n) is 13.6. The van der Waals surface area contributed by atoms with Crippen molar-refractivity contribution in [1.82, 2.24) is 9.97 Å². The Morgan fingerprint density at radius 1 is 0.950 bits per heavy atom. The third-order valence-corrected chi connectivity index (χ3v) is 9.44. The van der Waals surface area contributed by atoms with Crippen molar-refractivity contribution in [3.05, 3.63) is 88.1 Å². The molecule has 1 aliphatic rings. The lowest BCUT2D eigenvalue weighted by molar-refractivity contribution is 0.595. The van der Waals surface area contributed by atoms with Gasteiger partial charge in [0.15, 0.2) is 0 Å². The van der Waals surface area contributed by atoms with Gasteiger partial charge in [-0.1, -0.05) is 72.7 Å². The second kappa shape index (κ2) is 9.38. The summed E-state index contributed by atoms with van der Waals surface area (Å²) in [5.74, 6) is 0.646. The summed E-state index contributed by atoms with van der Waals surface area (Å²) >= 11 is 1.93. The number of aromatic nitrogens is 2. The number of rotatable bonds is 4. The van der Waals surface area contributed by atoms with Crippen LogP contribution >= 0.6 is 11.3 Å². The smallest absolute Gasteiger partial charge is 0.0739 e. The van der Waals surface area contributed by atoms with E-state index in [1.807, 2.05) is 23.6 Å². The fraction of sp³-hybridized carbons (Fsp3) is 0.351. The molecule has 0 saturated heterocycles. The number of thiophene rings is 1. The summed E-state index contributed by atoms with van der Waals surface area (Å²) in [7, 11) is 0. The van der Waals surface area contributed by atoms with E-state index in [1.54, 1.807) is 0 Å². The first-order valence-corrected chi connectivity index (χ1v) is 15.3. The van der Waals surface area contributed by atoms with Gasteiger partial charge < -0.3 is 0 Å². The maximum atomic E-state index is 5.39. The summed E-state index contributed by atoms with van der Waals surface area (Å²) in [6.45, 7) is 20.5. The molecule has 1 aliphatic carbocycles. The average molecular weight is 545 g/mol. The highest BCUT2D eigenvalue weighted by molar-refractivity contribution is 7.19. The predicted octanol–water partition coefficient (Wildman–Crippen LogP) is 10.7. The normalized spacial score (nSPS) is 14.8. The molecule has 0 unspecified atom stereocenters. The number of hydrogen-bond acceptors (Lipinski definition) is 3. The van der Waals surface area contributed by atoms with Crippen molar-refractivity contribution in [3.8, 4) is 22.4 Å². The molecule has 0 radical (unpaired) electrons. The zero-order chi connectivity index (χ0) is 28.6. The van der Waals surface area contributed by atoms with E-state index < -0.39 is 0 Å². The zero-order valence-corrected chi connectivity index (χ0v) is 26.2. The Balaban J connectivity index is 1.60. The van der Waals surface area contributed by atoms with E-state index >= 15 is 0 Å². The van der Waals surface area contributed by atoms with Crippen LogP contribution in [0.15, 0.2) is 60.8 Å². The largest absolute Gasteiger partial charge is 0.256 e. The second-order valence-corrected chi connectivity index (χ2v) is 14.9. The Morgan fingerprint density at radius 2 is 1.73 bits per heavy atom. The van der Waals surface area contributed by atoms with Gasteiger partial charge >= 0.3 is 0 Å². The first-order chi connectivity index (χ1) is 18.8. The highest BCUT2D eigenvalue weighted by Crippen LogP contribution is 2.47. The van der Waals surface area contributed by atoms with Crippen molar-refractivity contribution in [2.45, 2.75) is 79.6 Å². The molecular formula is C37H40N2S. The summed E-state index contributed by atoms with van der Waals surface area (Å²) in [5.41, 5.74) is 12.2. The summed E-state index contributed by atoms with van der Waals surface area (Å²) in [6, 6.07) is 18.2. The number of hydrogen-bond donors (Lipinski definition) is 0. The van der Waals surface area contributed by atoms with Crippen LogP contribution in [0.5, 0.6) is 0 Å². The Kier molecular flexibility index (Phi) is 6.31. The minimum atomic E-state index is -0.122. The Labute approximate surface area is 243 Å². The van der Waals surface area contributed by atoms with Crippen LogP contribution in [0.3, 0.4) is 0 Å². The lowest BCUT2D eigenvalue weighted by Crippen LogP contribution is -2.15. The maximum absolute atomic E-state index is 5.39. The predicted molar refractivity (Wildman–Crippen MR) is 174 cm³/mol. The lowest BCUT2D eigenvalue weighted by atomic mass is 9.83. The number of pyridine rings is 2. The van der Waals surface area contributed by atoms with E-state index in [4.69, 9.17) is 9.97 Å². The van der Waals surface area contributed by atoms with Gasteiger partial charge in [-0.15, -0.1) is 11.3 Å². The number of benzene rings is 2. The molecule has 3 heteroatoms. The summed E-state index contributed by atoms with van der Waals surface area (Å²) in [5, 5.41) is 2.57. The standard InChI is InChI=1S/C37H40N2S/c1-21(2)15-28-23(4)40-32-18-24(12-13-27(28)32)29-19-31(39-35-33(29)22(3)20-37(35,8)9)26-16-25-11-10-14-38-34(25)30(17-26)36(5,6)7/h10-14,16-21H,15H2,1-9H3. The quantitative estimate of drug-likeness (QED) is 0.225. The maximum Gasteiger partial charge on any atom is 0.0739 e. The average Bonchev–Trinajstić information content (AvgIpc) is 3.32. The number of aryl methyl sites for hydroxylation is 1. The molecule has 0 N–H and O–H groups in total. The molecule has 0 fully saturated rings. The van der Waals surface area contributed by atoms with Crippen molar-refractivity contribution in [3.63, 3.8) is 0 Å². The minimum absolute atomic E-state index is 0.0324. The molecule has 40 heavy (non-hydrogen) atoms. The van der Waals surface area contributed by atoms with E-state index in [-0.39, 0.29) is 10.8 Å². The summed E-state index contributed by atoms with van der Waals surface area (Å²) in [4.78, 5) is 11.6. The van der Waals surface area contributed by atoms with Crippen molar-refractivity contribution in [1.29, 1.82) is 0 Å². The van der Waals surface area contributed by atoms with Gasteiger partial charge in [0.1, 0.15) is 0 Å². The molecule has 0 atom stereocenters. The first kappa shape index (κ1) is 26.9. The molecule has 0 bridgehead atoms. The van der Waals surface area contributed by atoms with Crippen molar-refractivity contribution >= 4 is 37.9 Å². The van der Waals surface area contributed by atoms with Gasteiger partial charge in [0, 0.05) is 37.7 Å². The summed E-state index contributed by atoms with van der Waals surface area (Å²) < 4.78 is 1.38. The molecule has 3 aromatic heterocycles. The Hall–Kier alpha value is -3.30. The summed E-state index contributed by atoms with van der Waals surface area (Å²) in [6.07, 6.45) is 5.41. The van der Waals surface area contributed by atoms with Gasteiger partial charge in [-0.25, -0.2) is 0 Å². The molecule has 3 heterocycles. The first-order valence-electron chi connectivity index (χ1n) is 14.5. The van der Waals surface area contributed by atoms with Crippen LogP contribution in [0.25, 0.3) is 48.9 Å².